The first kappa shape index (κ1) is 17.0. The number of carbonyl (C=O) groups is 1. The number of esters is 1. The summed E-state index contributed by atoms with van der Waals surface area (Å²) in [6.07, 6.45) is -3.26. The van der Waals surface area contributed by atoms with Gasteiger partial charge in [0.05, 0.1) is 28.9 Å². The molecule has 0 N–H and O–H groups in total. The Bertz CT molecular complexity index is 757. The third-order valence-corrected chi connectivity index (χ3v) is 3.30. The number of hydrogen-bond acceptors (Lipinski definition) is 3. The van der Waals surface area contributed by atoms with Crippen molar-refractivity contribution in [3.05, 3.63) is 64.2 Å². The van der Waals surface area contributed by atoms with Gasteiger partial charge >= 0.3 is 12.1 Å². The Hall–Kier alpha value is -2.34. The molecule has 23 heavy (non-hydrogen) atoms. The molecule has 0 radical (unpaired) electrons. The van der Waals surface area contributed by atoms with Crippen molar-refractivity contribution in [2.45, 2.75) is 6.18 Å². The monoisotopic (exact) mass is 341 g/mol. The zero-order chi connectivity index (χ0) is 17.0. The van der Waals surface area contributed by atoms with E-state index in [1.807, 2.05) is 0 Å². The van der Waals surface area contributed by atoms with Crippen LogP contribution in [0, 0.1) is 0 Å². The smallest absolute Gasteiger partial charge is 0.417 e. The zero-order valence-corrected chi connectivity index (χ0v) is 12.7. The second-order valence-electron chi connectivity index (χ2n) is 4.50. The van der Waals surface area contributed by atoms with Crippen molar-refractivity contribution in [1.29, 1.82) is 0 Å². The van der Waals surface area contributed by atoms with E-state index in [1.165, 1.54) is 25.5 Å². The van der Waals surface area contributed by atoms with Crippen LogP contribution in [0.2, 0.25) is 5.02 Å². The molecule has 0 aliphatic heterocycles. The number of hydrogen-bond donors (Lipinski definition) is 0. The van der Waals surface area contributed by atoms with Crippen LogP contribution in [0.3, 0.4) is 0 Å². The number of benzene rings is 2. The Morgan fingerprint density at radius 1 is 1.22 bits per heavy atom. The number of alkyl halides is 3. The maximum atomic E-state index is 12.8. The van der Waals surface area contributed by atoms with Gasteiger partial charge < -0.3 is 4.74 Å². The second-order valence-corrected chi connectivity index (χ2v) is 4.91. The van der Waals surface area contributed by atoms with Gasteiger partial charge in [-0.15, -0.1) is 0 Å². The largest absolute Gasteiger partial charge is 0.465 e. The van der Waals surface area contributed by atoms with Crippen LogP contribution in [0.15, 0.2) is 47.5 Å². The van der Waals surface area contributed by atoms with Crippen molar-refractivity contribution in [2.24, 2.45) is 4.99 Å². The summed E-state index contributed by atoms with van der Waals surface area (Å²) in [6.45, 7) is 0. The Labute approximate surface area is 135 Å². The highest BCUT2D eigenvalue weighted by molar-refractivity contribution is 6.31. The SMILES string of the molecule is COC(=O)c1ccccc1C=Nc1ccc(Cl)c(C(F)(F)F)c1. The molecule has 3 nitrogen and oxygen atoms in total. The molecule has 0 bridgehead atoms. The molecular formula is C16H11ClF3NO2. The average molecular weight is 342 g/mol. The van der Waals surface area contributed by atoms with E-state index in [9.17, 15) is 18.0 Å². The molecule has 0 amide bonds. The lowest BCUT2D eigenvalue weighted by Crippen LogP contribution is -2.05. The highest BCUT2D eigenvalue weighted by Crippen LogP contribution is 2.36. The van der Waals surface area contributed by atoms with Gasteiger partial charge in [-0.25, -0.2) is 4.79 Å². The third kappa shape index (κ3) is 4.10. The fourth-order valence-corrected chi connectivity index (χ4v) is 2.09. The van der Waals surface area contributed by atoms with E-state index in [-0.39, 0.29) is 11.3 Å². The van der Waals surface area contributed by atoms with E-state index in [0.717, 1.165) is 12.1 Å². The van der Waals surface area contributed by atoms with Crippen LogP contribution < -0.4 is 0 Å². The van der Waals surface area contributed by atoms with Crippen LogP contribution in [0.5, 0.6) is 0 Å². The van der Waals surface area contributed by atoms with Crippen molar-refractivity contribution in [3.8, 4) is 0 Å². The highest BCUT2D eigenvalue weighted by Gasteiger charge is 2.33. The van der Waals surface area contributed by atoms with Gasteiger partial charge in [0.25, 0.3) is 0 Å². The molecule has 120 valence electrons. The second kappa shape index (κ2) is 6.83. The predicted octanol–water partition coefficient (Wildman–Crippen LogP) is 4.90. The van der Waals surface area contributed by atoms with Gasteiger partial charge in [-0.3, -0.25) is 4.99 Å². The van der Waals surface area contributed by atoms with Crippen LogP contribution in [-0.2, 0) is 10.9 Å². The van der Waals surface area contributed by atoms with Gasteiger partial charge in [0, 0.05) is 11.8 Å². The summed E-state index contributed by atoms with van der Waals surface area (Å²) < 4.78 is 43.1. The minimum absolute atomic E-state index is 0.0707. The van der Waals surface area contributed by atoms with Gasteiger partial charge in [0.15, 0.2) is 0 Å². The number of methoxy groups -OCH3 is 1. The number of ether oxygens (including phenoxy) is 1. The lowest BCUT2D eigenvalue weighted by molar-refractivity contribution is -0.137. The maximum Gasteiger partial charge on any atom is 0.417 e. The van der Waals surface area contributed by atoms with E-state index < -0.39 is 22.7 Å². The molecule has 0 aliphatic rings. The van der Waals surface area contributed by atoms with E-state index >= 15 is 0 Å². The zero-order valence-electron chi connectivity index (χ0n) is 11.9. The first-order valence-electron chi connectivity index (χ1n) is 6.41. The van der Waals surface area contributed by atoms with Gasteiger partial charge in [-0.1, -0.05) is 29.8 Å². The van der Waals surface area contributed by atoms with Crippen molar-refractivity contribution >= 4 is 29.5 Å². The average Bonchev–Trinajstić information content (AvgIpc) is 2.52. The van der Waals surface area contributed by atoms with Crippen LogP contribution in [0.25, 0.3) is 0 Å². The Morgan fingerprint density at radius 2 is 1.91 bits per heavy atom. The summed E-state index contributed by atoms with van der Waals surface area (Å²) in [4.78, 5) is 15.6. The lowest BCUT2D eigenvalue weighted by atomic mass is 10.1. The van der Waals surface area contributed by atoms with Crippen molar-refractivity contribution in [2.75, 3.05) is 7.11 Å². The molecule has 0 heterocycles. The van der Waals surface area contributed by atoms with Crippen LogP contribution >= 0.6 is 11.6 Å². The minimum atomic E-state index is -4.56. The number of nitrogens with zero attached hydrogens (tertiary/aromatic N) is 1. The first-order chi connectivity index (χ1) is 10.8. The molecule has 7 heteroatoms. The molecule has 0 fully saturated rings. The molecule has 0 unspecified atom stereocenters. The lowest BCUT2D eigenvalue weighted by Gasteiger charge is -2.09. The van der Waals surface area contributed by atoms with E-state index in [4.69, 9.17) is 11.6 Å². The first-order valence-corrected chi connectivity index (χ1v) is 6.79. The molecule has 0 spiro atoms. The minimum Gasteiger partial charge on any atom is -0.465 e. The molecule has 0 saturated carbocycles. The molecule has 2 aromatic carbocycles. The fraction of sp³-hybridized carbons (Fsp3) is 0.125. The third-order valence-electron chi connectivity index (χ3n) is 2.97. The summed E-state index contributed by atoms with van der Waals surface area (Å²) in [7, 11) is 1.24. The van der Waals surface area contributed by atoms with Gasteiger partial charge in [0.1, 0.15) is 0 Å². The van der Waals surface area contributed by atoms with Crippen molar-refractivity contribution in [3.63, 3.8) is 0 Å². The van der Waals surface area contributed by atoms with Crippen LogP contribution in [0.4, 0.5) is 18.9 Å². The summed E-state index contributed by atoms with van der Waals surface area (Å²) in [6, 6.07) is 9.80. The Morgan fingerprint density at radius 3 is 2.57 bits per heavy atom. The Kier molecular flexibility index (Phi) is 5.05. The van der Waals surface area contributed by atoms with Crippen molar-refractivity contribution < 1.29 is 22.7 Å². The quantitative estimate of drug-likeness (QED) is 0.588. The summed E-state index contributed by atoms with van der Waals surface area (Å²) in [5.74, 6) is -0.556. The van der Waals surface area contributed by atoms with Gasteiger partial charge in [0.2, 0.25) is 0 Å². The molecule has 0 saturated heterocycles. The van der Waals surface area contributed by atoms with E-state index in [0.29, 0.717) is 5.56 Å². The number of aliphatic imine (C=N–C) groups is 1. The molecule has 2 aromatic rings. The van der Waals surface area contributed by atoms with E-state index in [2.05, 4.69) is 9.73 Å². The number of halogens is 4. The van der Waals surface area contributed by atoms with Gasteiger partial charge in [-0.2, -0.15) is 13.2 Å². The molecule has 0 aliphatic carbocycles. The topological polar surface area (TPSA) is 38.7 Å². The molecular weight excluding hydrogens is 331 g/mol. The molecule has 2 rings (SSSR count). The number of rotatable bonds is 3. The Balaban J connectivity index is 2.37. The number of carbonyl (C=O) groups excluding carboxylic acids is 1. The summed E-state index contributed by atoms with van der Waals surface area (Å²) >= 11 is 5.55. The van der Waals surface area contributed by atoms with Crippen molar-refractivity contribution in [1.82, 2.24) is 0 Å². The highest BCUT2D eigenvalue weighted by atomic mass is 35.5. The summed E-state index contributed by atoms with van der Waals surface area (Å²) in [5.41, 5.74) is -0.192. The van der Waals surface area contributed by atoms with E-state index in [1.54, 1.807) is 18.2 Å². The summed E-state index contributed by atoms with van der Waals surface area (Å²) in [5, 5.41) is -0.397. The van der Waals surface area contributed by atoms with Crippen LogP contribution in [0.1, 0.15) is 21.5 Å². The van der Waals surface area contributed by atoms with Gasteiger partial charge in [-0.05, 0) is 24.3 Å². The van der Waals surface area contributed by atoms with Crippen LogP contribution in [-0.4, -0.2) is 19.3 Å². The normalized spacial score (nSPS) is 11.7. The molecule has 0 aromatic heterocycles. The predicted molar refractivity (Wildman–Crippen MR) is 81.5 cm³/mol. The standard InChI is InChI=1S/C16H11ClF3NO2/c1-23-15(22)12-5-3-2-4-10(12)9-21-11-6-7-14(17)13(8-11)16(18,19)20/h2-9H,1H3. The molecule has 0 atom stereocenters. The maximum absolute atomic E-state index is 12.8. The fourth-order valence-electron chi connectivity index (χ4n) is 1.86.